The molecule has 0 unspecified atom stereocenters. The Bertz CT molecular complexity index is 2820. The van der Waals surface area contributed by atoms with Crippen LogP contribution in [0.1, 0.15) is 105 Å². The van der Waals surface area contributed by atoms with Gasteiger partial charge in [-0.2, -0.15) is 0 Å². The van der Waals surface area contributed by atoms with E-state index in [1.165, 1.54) is 61.4 Å². The molecule has 0 N–H and O–H groups in total. The minimum absolute atomic E-state index is 0.0381. The minimum atomic E-state index is -0.116. The van der Waals surface area contributed by atoms with Crippen molar-refractivity contribution in [2.45, 2.75) is 105 Å². The van der Waals surface area contributed by atoms with Crippen molar-refractivity contribution in [1.82, 2.24) is 0 Å². The molecule has 4 nitrogen and oxygen atoms in total. The Hall–Kier alpha value is -5.42. The third-order valence-corrected chi connectivity index (χ3v) is 12.6. The Kier molecular flexibility index (Phi) is 7.31. The molecule has 0 saturated carbocycles. The highest BCUT2D eigenvalue weighted by molar-refractivity contribution is 6.93. The maximum absolute atomic E-state index is 7.19. The summed E-state index contributed by atoms with van der Waals surface area (Å²) in [5.41, 5.74) is 17.5. The van der Waals surface area contributed by atoms with Gasteiger partial charge in [-0.15, -0.1) is 0 Å². The van der Waals surface area contributed by atoms with E-state index in [2.05, 4.69) is 190 Å². The lowest BCUT2D eigenvalue weighted by atomic mass is 9.43. The number of benzene rings is 6. The number of furan rings is 1. The molecule has 0 amide bonds. The third-order valence-electron chi connectivity index (χ3n) is 12.6. The van der Waals surface area contributed by atoms with E-state index in [1.54, 1.807) is 0 Å². The first-order chi connectivity index (χ1) is 26.8. The molecule has 6 aromatic carbocycles. The molecule has 57 heavy (non-hydrogen) atoms. The van der Waals surface area contributed by atoms with E-state index in [9.17, 15) is 0 Å². The lowest BCUT2D eigenvalue weighted by Crippen LogP contribution is -2.62. The second-order valence-corrected chi connectivity index (χ2v) is 20.7. The molecule has 5 heteroatoms. The quantitative estimate of drug-likeness (QED) is 0.156. The molecule has 0 radical (unpaired) electrons. The molecule has 3 aliphatic rings. The number of rotatable bonds is 1. The SMILES string of the molecule is CC(C)(C)c1ccc(N2c3cc(C(C)(C)C)ccc3B3c4c(cc(C(C)(C)C)cc42)-c2cc(C(C)(C)C)cc4c2N3c2ccc3c(oc5ccccc53)c2O4)cc1. The van der Waals surface area contributed by atoms with E-state index in [0.717, 1.165) is 44.8 Å². The number of ether oxygens (including phenoxy) is 1. The molecule has 3 aliphatic heterocycles. The van der Waals surface area contributed by atoms with Gasteiger partial charge in [-0.25, -0.2) is 0 Å². The van der Waals surface area contributed by atoms with Gasteiger partial charge in [0.2, 0.25) is 0 Å². The summed E-state index contributed by atoms with van der Waals surface area (Å²) < 4.78 is 13.9. The maximum atomic E-state index is 7.19. The van der Waals surface area contributed by atoms with E-state index in [0.29, 0.717) is 0 Å². The van der Waals surface area contributed by atoms with Crippen molar-refractivity contribution in [2.75, 3.05) is 9.71 Å². The van der Waals surface area contributed by atoms with Gasteiger partial charge in [0.15, 0.2) is 17.1 Å². The maximum Gasteiger partial charge on any atom is 0.333 e. The molecule has 286 valence electrons. The topological polar surface area (TPSA) is 28.9 Å². The van der Waals surface area contributed by atoms with Crippen LogP contribution in [0.25, 0.3) is 33.1 Å². The highest BCUT2D eigenvalue weighted by Crippen LogP contribution is 2.58. The molecule has 4 heterocycles. The Labute approximate surface area is 338 Å². The molecule has 1 aromatic heterocycles. The monoisotopic (exact) mass is 748 g/mol. The zero-order valence-corrected chi connectivity index (χ0v) is 35.6. The van der Waals surface area contributed by atoms with Crippen LogP contribution in [0.15, 0.2) is 108 Å². The van der Waals surface area contributed by atoms with Crippen LogP contribution in [-0.4, -0.2) is 6.85 Å². The first-order valence-electron chi connectivity index (χ1n) is 20.6. The van der Waals surface area contributed by atoms with Gasteiger partial charge in [-0.05, 0) is 115 Å². The summed E-state index contributed by atoms with van der Waals surface area (Å²) in [5.74, 6) is 1.65. The Morgan fingerprint density at radius 1 is 0.509 bits per heavy atom. The molecule has 7 aromatic rings. The van der Waals surface area contributed by atoms with Crippen LogP contribution in [0.2, 0.25) is 0 Å². The lowest BCUT2D eigenvalue weighted by molar-refractivity contribution is 0.469. The predicted octanol–water partition coefficient (Wildman–Crippen LogP) is 13.6. The second-order valence-electron chi connectivity index (χ2n) is 20.7. The second kappa shape index (κ2) is 11.6. The van der Waals surface area contributed by atoms with Crippen LogP contribution < -0.4 is 25.4 Å². The van der Waals surface area contributed by atoms with Crippen LogP contribution in [0.4, 0.5) is 28.4 Å². The van der Waals surface area contributed by atoms with Crippen molar-refractivity contribution in [1.29, 1.82) is 0 Å². The number of hydrogen-bond acceptors (Lipinski definition) is 4. The summed E-state index contributed by atoms with van der Waals surface area (Å²) in [5, 5.41) is 2.16. The Morgan fingerprint density at radius 2 is 1.12 bits per heavy atom. The number of nitrogens with zero attached hydrogens (tertiary/aromatic N) is 2. The predicted molar refractivity (Wildman–Crippen MR) is 242 cm³/mol. The Morgan fingerprint density at radius 3 is 1.81 bits per heavy atom. The normalized spacial score (nSPS) is 14.7. The average molecular weight is 749 g/mol. The fourth-order valence-electron chi connectivity index (χ4n) is 9.26. The van der Waals surface area contributed by atoms with Gasteiger partial charge in [-0.1, -0.05) is 132 Å². The first-order valence-corrected chi connectivity index (χ1v) is 20.6. The summed E-state index contributed by atoms with van der Waals surface area (Å²) in [6.45, 7) is 27.6. The smallest absolute Gasteiger partial charge is 0.333 e. The van der Waals surface area contributed by atoms with Crippen LogP contribution >= 0.6 is 0 Å². The van der Waals surface area contributed by atoms with Gasteiger partial charge in [0.05, 0.1) is 11.4 Å². The number of hydrogen-bond donors (Lipinski definition) is 0. The van der Waals surface area contributed by atoms with Gasteiger partial charge >= 0.3 is 6.85 Å². The lowest BCUT2D eigenvalue weighted by Gasteiger charge is -2.48. The molecule has 0 atom stereocenters. The molecule has 0 saturated heterocycles. The fourth-order valence-corrected chi connectivity index (χ4v) is 9.26. The largest absolute Gasteiger partial charge is 0.452 e. The molecular formula is C52H53BN2O2. The fraction of sp³-hybridized carbons (Fsp3) is 0.308. The van der Waals surface area contributed by atoms with E-state index < -0.39 is 0 Å². The van der Waals surface area contributed by atoms with Crippen molar-refractivity contribution >= 4 is 68.1 Å². The first kappa shape index (κ1) is 36.0. The molecule has 0 fully saturated rings. The molecule has 0 spiro atoms. The van der Waals surface area contributed by atoms with Gasteiger partial charge in [-0.3, -0.25) is 0 Å². The van der Waals surface area contributed by atoms with Crippen molar-refractivity contribution in [3.05, 3.63) is 125 Å². The summed E-state index contributed by atoms with van der Waals surface area (Å²) in [6, 6.07) is 39.0. The summed E-state index contributed by atoms with van der Waals surface area (Å²) in [4.78, 5) is 5.14. The molecule has 0 aliphatic carbocycles. The van der Waals surface area contributed by atoms with Gasteiger partial charge in [0.1, 0.15) is 5.58 Å². The van der Waals surface area contributed by atoms with Crippen molar-refractivity contribution in [3.8, 4) is 22.6 Å². The number of anilines is 5. The summed E-state index contributed by atoms with van der Waals surface area (Å²) >= 11 is 0. The minimum Gasteiger partial charge on any atom is -0.452 e. The summed E-state index contributed by atoms with van der Waals surface area (Å²) in [6.07, 6.45) is 0. The third kappa shape index (κ3) is 5.34. The van der Waals surface area contributed by atoms with Gasteiger partial charge in [0, 0.05) is 33.4 Å². The van der Waals surface area contributed by atoms with Gasteiger partial charge < -0.3 is 18.9 Å². The van der Waals surface area contributed by atoms with Crippen molar-refractivity contribution in [2.24, 2.45) is 0 Å². The zero-order chi connectivity index (χ0) is 40.1. The van der Waals surface area contributed by atoms with Crippen LogP contribution in [0.3, 0.4) is 0 Å². The van der Waals surface area contributed by atoms with Crippen LogP contribution in [0.5, 0.6) is 11.5 Å². The number of para-hydroxylation sites is 1. The van der Waals surface area contributed by atoms with Crippen molar-refractivity contribution in [3.63, 3.8) is 0 Å². The molecular weight excluding hydrogens is 695 g/mol. The average Bonchev–Trinajstić information content (AvgIpc) is 3.53. The summed E-state index contributed by atoms with van der Waals surface area (Å²) in [7, 11) is 0. The number of fused-ring (bicyclic) bond motifs is 10. The zero-order valence-electron chi connectivity index (χ0n) is 35.6. The Balaban J connectivity index is 1.35. The van der Waals surface area contributed by atoms with E-state index >= 15 is 0 Å². The highest BCUT2D eigenvalue weighted by Gasteiger charge is 2.49. The van der Waals surface area contributed by atoms with E-state index in [4.69, 9.17) is 9.15 Å². The van der Waals surface area contributed by atoms with Crippen molar-refractivity contribution < 1.29 is 9.15 Å². The highest BCUT2D eigenvalue weighted by atomic mass is 16.5. The molecule has 0 bridgehead atoms. The van der Waals surface area contributed by atoms with Crippen LogP contribution in [0, 0.1) is 0 Å². The molecule has 10 rings (SSSR count). The van der Waals surface area contributed by atoms with E-state index in [-0.39, 0.29) is 28.5 Å². The van der Waals surface area contributed by atoms with Gasteiger partial charge in [0.25, 0.3) is 0 Å². The van der Waals surface area contributed by atoms with Crippen LogP contribution in [-0.2, 0) is 21.7 Å². The van der Waals surface area contributed by atoms with E-state index in [1.807, 2.05) is 6.07 Å². The standard InChI is InChI=1S/C52H53BN2O2/c1-49(2,3)30-17-20-34(21-18-30)54-41-27-31(50(4,5)6)19-23-39(41)53-45-37(25-32(28-42(45)54)51(7,8)9)38-26-33(52(10,11)12)29-44-46(38)55(53)40-24-22-36-35-15-13-14-16-43(35)56-47(36)48(40)57-44/h13-29H,1-12H3.